The number of para-hydroxylation sites is 1. The topological polar surface area (TPSA) is 113 Å². The fourth-order valence-corrected chi connectivity index (χ4v) is 2.31. The molecule has 0 aliphatic rings. The molecule has 2 N–H and O–H groups in total. The van der Waals surface area contributed by atoms with Gasteiger partial charge in [0.25, 0.3) is 0 Å². The highest BCUT2D eigenvalue weighted by molar-refractivity contribution is 6.30. The SMILES string of the molecule is Nc1nn2cc(Cl)cnc2c1C(=O)On1nnc2ccccc21. The normalized spacial score (nSPS) is 11.2. The lowest BCUT2D eigenvalue weighted by atomic mass is 10.3. The van der Waals surface area contributed by atoms with Crippen LogP contribution in [0.15, 0.2) is 36.7 Å². The summed E-state index contributed by atoms with van der Waals surface area (Å²) in [7, 11) is 0. The van der Waals surface area contributed by atoms with Crippen molar-refractivity contribution in [1.29, 1.82) is 0 Å². The van der Waals surface area contributed by atoms with Crippen LogP contribution in [0, 0.1) is 0 Å². The molecule has 10 heteroatoms. The van der Waals surface area contributed by atoms with Crippen molar-refractivity contribution in [2.75, 3.05) is 5.73 Å². The van der Waals surface area contributed by atoms with Crippen molar-refractivity contribution in [1.82, 2.24) is 29.8 Å². The number of aromatic nitrogens is 6. The van der Waals surface area contributed by atoms with E-state index in [0.717, 1.165) is 4.85 Å². The van der Waals surface area contributed by atoms with Crippen LogP contribution in [0.1, 0.15) is 10.4 Å². The summed E-state index contributed by atoms with van der Waals surface area (Å²) in [4.78, 5) is 22.7. The number of halogens is 1. The zero-order valence-corrected chi connectivity index (χ0v) is 12.2. The molecule has 3 aromatic heterocycles. The number of fused-ring (bicyclic) bond motifs is 2. The van der Waals surface area contributed by atoms with Crippen molar-refractivity contribution >= 4 is 40.1 Å². The number of nitrogen functional groups attached to an aromatic ring is 1. The van der Waals surface area contributed by atoms with Crippen molar-refractivity contribution in [3.63, 3.8) is 0 Å². The number of nitrogens with two attached hydrogens (primary N) is 1. The quantitative estimate of drug-likeness (QED) is 0.545. The molecule has 3 heterocycles. The first-order valence-electron chi connectivity index (χ1n) is 6.46. The summed E-state index contributed by atoms with van der Waals surface area (Å²) in [6.07, 6.45) is 2.88. The Morgan fingerprint density at radius 3 is 3.00 bits per heavy atom. The van der Waals surface area contributed by atoms with Gasteiger partial charge in [-0.1, -0.05) is 28.6 Å². The van der Waals surface area contributed by atoms with E-state index in [1.807, 2.05) is 0 Å². The van der Waals surface area contributed by atoms with Gasteiger partial charge >= 0.3 is 5.97 Å². The smallest absolute Gasteiger partial charge is 0.373 e. The highest BCUT2D eigenvalue weighted by atomic mass is 35.5. The molecule has 0 aliphatic carbocycles. The Morgan fingerprint density at radius 1 is 1.30 bits per heavy atom. The van der Waals surface area contributed by atoms with Gasteiger partial charge in [0.1, 0.15) is 11.0 Å². The molecular formula is C13H8ClN7O2. The van der Waals surface area contributed by atoms with Gasteiger partial charge in [-0.3, -0.25) is 0 Å². The highest BCUT2D eigenvalue weighted by Crippen LogP contribution is 2.18. The first-order chi connectivity index (χ1) is 11.1. The summed E-state index contributed by atoms with van der Waals surface area (Å²) in [5.74, 6) is -0.767. The highest BCUT2D eigenvalue weighted by Gasteiger charge is 2.23. The van der Waals surface area contributed by atoms with Crippen molar-refractivity contribution < 1.29 is 9.63 Å². The molecule has 0 fully saturated rings. The molecule has 114 valence electrons. The van der Waals surface area contributed by atoms with Gasteiger partial charge in [-0.15, -0.1) is 10.2 Å². The zero-order chi connectivity index (χ0) is 16.0. The third-order valence-electron chi connectivity index (χ3n) is 3.16. The molecule has 0 amide bonds. The van der Waals surface area contributed by atoms with E-state index in [0.29, 0.717) is 16.1 Å². The maximum absolute atomic E-state index is 12.4. The lowest BCUT2D eigenvalue weighted by Gasteiger charge is -2.02. The predicted molar refractivity (Wildman–Crippen MR) is 80.8 cm³/mol. The number of benzene rings is 1. The molecule has 0 saturated heterocycles. The van der Waals surface area contributed by atoms with Crippen LogP contribution in [0.4, 0.5) is 5.82 Å². The minimum atomic E-state index is -0.747. The van der Waals surface area contributed by atoms with Gasteiger partial charge in [0, 0.05) is 6.20 Å². The lowest BCUT2D eigenvalue weighted by molar-refractivity contribution is 0.0412. The Labute approximate surface area is 133 Å². The van der Waals surface area contributed by atoms with E-state index in [9.17, 15) is 4.79 Å². The maximum Gasteiger partial charge on any atom is 0.373 e. The summed E-state index contributed by atoms with van der Waals surface area (Å²) in [5, 5.41) is 12.0. The largest absolute Gasteiger partial charge is 0.381 e. The standard InChI is InChI=1S/C13H8ClN7O2/c14-7-5-16-12-10(11(15)18-20(12)6-7)13(22)23-21-9-4-2-1-3-8(9)17-19-21/h1-6H,(H2,15,18). The van der Waals surface area contributed by atoms with Gasteiger partial charge in [0.05, 0.1) is 11.2 Å². The van der Waals surface area contributed by atoms with E-state index in [4.69, 9.17) is 22.2 Å². The summed E-state index contributed by atoms with van der Waals surface area (Å²) in [6, 6.07) is 7.06. The molecule has 1 aromatic carbocycles. The van der Waals surface area contributed by atoms with Crippen molar-refractivity contribution in [3.8, 4) is 0 Å². The summed E-state index contributed by atoms with van der Waals surface area (Å²) < 4.78 is 1.31. The molecule has 9 nitrogen and oxygen atoms in total. The number of rotatable bonds is 2. The van der Waals surface area contributed by atoms with Crippen LogP contribution in [0.5, 0.6) is 0 Å². The number of hydrogen-bond donors (Lipinski definition) is 1. The van der Waals surface area contributed by atoms with Crippen molar-refractivity contribution in [3.05, 3.63) is 47.2 Å². The Hall–Kier alpha value is -3.20. The monoisotopic (exact) mass is 329 g/mol. The fraction of sp³-hybridized carbons (Fsp3) is 0. The van der Waals surface area contributed by atoms with Gasteiger partial charge in [0.2, 0.25) is 0 Å². The van der Waals surface area contributed by atoms with Crippen LogP contribution in [0.3, 0.4) is 0 Å². The lowest BCUT2D eigenvalue weighted by Crippen LogP contribution is -2.22. The van der Waals surface area contributed by atoms with E-state index in [1.165, 1.54) is 16.9 Å². The van der Waals surface area contributed by atoms with Crippen LogP contribution in [-0.2, 0) is 0 Å². The summed E-state index contributed by atoms with van der Waals surface area (Å²) in [5.41, 5.74) is 7.19. The molecule has 0 spiro atoms. The average molecular weight is 330 g/mol. The predicted octanol–water partition coefficient (Wildman–Crippen LogP) is 0.979. The molecule has 4 rings (SSSR count). The Bertz CT molecular complexity index is 1060. The fourth-order valence-electron chi connectivity index (χ4n) is 2.16. The number of hydrogen-bond acceptors (Lipinski definition) is 7. The number of anilines is 1. The molecule has 0 unspecified atom stereocenters. The van der Waals surface area contributed by atoms with Crippen molar-refractivity contribution in [2.45, 2.75) is 0 Å². The maximum atomic E-state index is 12.4. The third-order valence-corrected chi connectivity index (χ3v) is 3.36. The number of carbonyl (C=O) groups excluding carboxylic acids is 1. The summed E-state index contributed by atoms with van der Waals surface area (Å²) >= 11 is 5.84. The van der Waals surface area contributed by atoms with Gasteiger partial charge in [-0.2, -0.15) is 0 Å². The second-order valence-corrected chi connectivity index (χ2v) is 5.07. The first-order valence-corrected chi connectivity index (χ1v) is 6.84. The Balaban J connectivity index is 1.76. The molecular weight excluding hydrogens is 322 g/mol. The van der Waals surface area contributed by atoms with Crippen LogP contribution in [0.25, 0.3) is 16.7 Å². The number of carbonyl (C=O) groups is 1. The van der Waals surface area contributed by atoms with Crippen LogP contribution in [0.2, 0.25) is 5.02 Å². The van der Waals surface area contributed by atoms with E-state index in [2.05, 4.69) is 20.4 Å². The molecule has 0 aliphatic heterocycles. The van der Waals surface area contributed by atoms with Crippen LogP contribution >= 0.6 is 11.6 Å². The molecule has 23 heavy (non-hydrogen) atoms. The van der Waals surface area contributed by atoms with Gasteiger partial charge < -0.3 is 10.6 Å². The second kappa shape index (κ2) is 4.92. The Kier molecular flexibility index (Phi) is 2.88. The van der Waals surface area contributed by atoms with Crippen LogP contribution < -0.4 is 10.6 Å². The van der Waals surface area contributed by atoms with E-state index in [1.54, 1.807) is 24.3 Å². The van der Waals surface area contributed by atoms with Crippen LogP contribution in [-0.4, -0.2) is 35.7 Å². The minimum Gasteiger partial charge on any atom is -0.381 e. The van der Waals surface area contributed by atoms with Gasteiger partial charge in [0.15, 0.2) is 17.0 Å². The van der Waals surface area contributed by atoms with E-state index >= 15 is 0 Å². The molecule has 0 radical (unpaired) electrons. The molecule has 0 bridgehead atoms. The average Bonchev–Trinajstić information content (AvgIpc) is 3.07. The van der Waals surface area contributed by atoms with Gasteiger partial charge in [-0.25, -0.2) is 14.3 Å². The summed E-state index contributed by atoms with van der Waals surface area (Å²) in [6.45, 7) is 0. The van der Waals surface area contributed by atoms with Gasteiger partial charge in [-0.05, 0) is 17.3 Å². The number of nitrogens with zero attached hydrogens (tertiary/aromatic N) is 6. The van der Waals surface area contributed by atoms with E-state index < -0.39 is 5.97 Å². The second-order valence-electron chi connectivity index (χ2n) is 4.63. The minimum absolute atomic E-state index is 0.0193. The third kappa shape index (κ3) is 2.14. The van der Waals surface area contributed by atoms with Crippen molar-refractivity contribution in [2.24, 2.45) is 0 Å². The molecule has 0 atom stereocenters. The zero-order valence-electron chi connectivity index (χ0n) is 11.4. The molecule has 4 aromatic rings. The first kappa shape index (κ1) is 13.5. The van der Waals surface area contributed by atoms with E-state index in [-0.39, 0.29) is 17.0 Å². The molecule has 0 saturated carbocycles. The Morgan fingerprint density at radius 2 is 2.13 bits per heavy atom.